The second kappa shape index (κ2) is 4.78. The molecular formula is C15H15NO2S. The predicted molar refractivity (Wildman–Crippen MR) is 75.6 cm³/mol. The third kappa shape index (κ3) is 2.40. The van der Waals surface area contributed by atoms with Crippen LogP contribution >= 0.6 is 11.3 Å². The Balaban J connectivity index is 1.97. The maximum Gasteiger partial charge on any atom is 0.357 e. The summed E-state index contributed by atoms with van der Waals surface area (Å²) < 4.78 is 4.74. The fraction of sp³-hybridized carbons (Fsp3) is 0.333. The summed E-state index contributed by atoms with van der Waals surface area (Å²) in [4.78, 5) is 16.9. The number of aryl methyl sites for hydroxylation is 1. The van der Waals surface area contributed by atoms with Gasteiger partial charge in [-0.15, -0.1) is 11.3 Å². The van der Waals surface area contributed by atoms with E-state index < -0.39 is 0 Å². The Morgan fingerprint density at radius 2 is 2.21 bits per heavy atom. The lowest BCUT2D eigenvalue weighted by atomic mass is 10.1. The minimum absolute atomic E-state index is 0.363. The molecule has 0 atom stereocenters. The summed E-state index contributed by atoms with van der Waals surface area (Å²) in [7, 11) is 1.38. The number of methoxy groups -OCH3 is 1. The van der Waals surface area contributed by atoms with Gasteiger partial charge in [0.25, 0.3) is 0 Å². The summed E-state index contributed by atoms with van der Waals surface area (Å²) in [6, 6.07) is 8.47. The standard InChI is InChI=1S/C15H15NO2S/c1-9-13(15(17)18-2)16-14(19-9)12-5-3-4-11(8-12)10-6-7-10/h3-5,8,10H,6-7H2,1-2H3. The van der Waals surface area contributed by atoms with Crippen LogP contribution in [0.4, 0.5) is 0 Å². The highest BCUT2D eigenvalue weighted by Gasteiger charge is 2.24. The minimum atomic E-state index is -0.363. The van der Waals surface area contributed by atoms with E-state index in [0.29, 0.717) is 5.69 Å². The Labute approximate surface area is 116 Å². The summed E-state index contributed by atoms with van der Waals surface area (Å²) in [5.41, 5.74) is 2.90. The van der Waals surface area contributed by atoms with Gasteiger partial charge in [-0.1, -0.05) is 18.2 Å². The Morgan fingerprint density at radius 3 is 2.89 bits per heavy atom. The van der Waals surface area contributed by atoms with E-state index in [1.807, 2.05) is 13.0 Å². The summed E-state index contributed by atoms with van der Waals surface area (Å²) in [5, 5.41) is 0.889. The van der Waals surface area contributed by atoms with Crippen LogP contribution in [-0.2, 0) is 4.74 Å². The molecule has 19 heavy (non-hydrogen) atoms. The Morgan fingerprint density at radius 1 is 1.42 bits per heavy atom. The van der Waals surface area contributed by atoms with Crippen LogP contribution in [-0.4, -0.2) is 18.1 Å². The monoisotopic (exact) mass is 273 g/mol. The van der Waals surface area contributed by atoms with Crippen molar-refractivity contribution in [2.24, 2.45) is 0 Å². The van der Waals surface area contributed by atoms with E-state index in [1.165, 1.54) is 25.5 Å². The highest BCUT2D eigenvalue weighted by atomic mass is 32.1. The number of carbonyl (C=O) groups excluding carboxylic acids is 1. The maximum atomic E-state index is 11.6. The van der Waals surface area contributed by atoms with Crippen LogP contribution in [0.1, 0.15) is 39.7 Å². The van der Waals surface area contributed by atoms with Gasteiger partial charge in [0, 0.05) is 10.4 Å². The van der Waals surface area contributed by atoms with E-state index in [0.717, 1.165) is 21.4 Å². The highest BCUT2D eigenvalue weighted by Crippen LogP contribution is 2.41. The molecular weight excluding hydrogens is 258 g/mol. The molecule has 3 nitrogen and oxygen atoms in total. The van der Waals surface area contributed by atoms with Gasteiger partial charge in [0.05, 0.1) is 7.11 Å². The minimum Gasteiger partial charge on any atom is -0.464 e. The number of hydrogen-bond acceptors (Lipinski definition) is 4. The largest absolute Gasteiger partial charge is 0.464 e. The highest BCUT2D eigenvalue weighted by molar-refractivity contribution is 7.15. The van der Waals surface area contributed by atoms with Crippen LogP contribution in [0.5, 0.6) is 0 Å². The molecule has 0 N–H and O–H groups in total. The fourth-order valence-electron chi connectivity index (χ4n) is 2.15. The molecule has 0 radical (unpaired) electrons. The molecule has 0 saturated heterocycles. The van der Waals surface area contributed by atoms with Gasteiger partial charge in [-0.25, -0.2) is 9.78 Å². The van der Waals surface area contributed by atoms with Gasteiger partial charge in [-0.2, -0.15) is 0 Å². The summed E-state index contributed by atoms with van der Waals surface area (Å²) in [5.74, 6) is 0.361. The second-order valence-corrected chi connectivity index (χ2v) is 6.02. The number of esters is 1. The summed E-state index contributed by atoms with van der Waals surface area (Å²) in [6.45, 7) is 1.90. The zero-order valence-electron chi connectivity index (χ0n) is 11.0. The van der Waals surface area contributed by atoms with E-state index in [2.05, 4.69) is 23.2 Å². The number of hydrogen-bond donors (Lipinski definition) is 0. The van der Waals surface area contributed by atoms with Crippen molar-refractivity contribution in [2.75, 3.05) is 7.11 Å². The molecule has 0 aliphatic heterocycles. The van der Waals surface area contributed by atoms with Crippen molar-refractivity contribution in [1.29, 1.82) is 0 Å². The molecule has 1 aliphatic carbocycles. The lowest BCUT2D eigenvalue weighted by Gasteiger charge is -2.00. The average Bonchev–Trinajstić information content (AvgIpc) is 3.21. The van der Waals surface area contributed by atoms with Gasteiger partial charge in [-0.3, -0.25) is 0 Å². The van der Waals surface area contributed by atoms with Gasteiger partial charge in [0.1, 0.15) is 5.01 Å². The smallest absolute Gasteiger partial charge is 0.357 e. The normalized spacial score (nSPS) is 14.4. The lowest BCUT2D eigenvalue weighted by molar-refractivity contribution is 0.0594. The summed E-state index contributed by atoms with van der Waals surface area (Å²) >= 11 is 1.54. The number of carbonyl (C=O) groups is 1. The molecule has 0 amide bonds. The van der Waals surface area contributed by atoms with Crippen molar-refractivity contribution in [2.45, 2.75) is 25.7 Å². The van der Waals surface area contributed by atoms with Gasteiger partial charge < -0.3 is 4.74 Å². The topological polar surface area (TPSA) is 39.2 Å². The number of benzene rings is 1. The number of ether oxygens (including phenoxy) is 1. The van der Waals surface area contributed by atoms with E-state index in [-0.39, 0.29) is 5.97 Å². The van der Waals surface area contributed by atoms with E-state index >= 15 is 0 Å². The quantitative estimate of drug-likeness (QED) is 0.799. The SMILES string of the molecule is COC(=O)c1nc(-c2cccc(C3CC3)c2)sc1C. The van der Waals surface area contributed by atoms with Crippen LogP contribution in [0.3, 0.4) is 0 Å². The first-order chi connectivity index (χ1) is 9.19. The number of thiazole rings is 1. The van der Waals surface area contributed by atoms with Gasteiger partial charge in [-0.05, 0) is 37.3 Å². The third-order valence-electron chi connectivity index (χ3n) is 3.36. The molecule has 0 bridgehead atoms. The van der Waals surface area contributed by atoms with Gasteiger partial charge >= 0.3 is 5.97 Å². The number of rotatable bonds is 3. The summed E-state index contributed by atoms with van der Waals surface area (Å²) in [6.07, 6.45) is 2.57. The number of aromatic nitrogens is 1. The molecule has 1 fully saturated rings. The third-order valence-corrected chi connectivity index (χ3v) is 4.38. The predicted octanol–water partition coefficient (Wildman–Crippen LogP) is 3.78. The van der Waals surface area contributed by atoms with E-state index in [1.54, 1.807) is 11.3 Å². The van der Waals surface area contributed by atoms with E-state index in [4.69, 9.17) is 4.74 Å². The van der Waals surface area contributed by atoms with Gasteiger partial charge in [0.2, 0.25) is 0 Å². The van der Waals surface area contributed by atoms with E-state index in [9.17, 15) is 4.79 Å². The van der Waals surface area contributed by atoms with Crippen molar-refractivity contribution in [1.82, 2.24) is 4.98 Å². The average molecular weight is 273 g/mol. The molecule has 0 unspecified atom stereocenters. The van der Waals surface area contributed by atoms with Crippen LogP contribution in [0.25, 0.3) is 10.6 Å². The van der Waals surface area contributed by atoms with Crippen LogP contribution in [0.2, 0.25) is 0 Å². The Hall–Kier alpha value is -1.68. The van der Waals surface area contributed by atoms with Crippen LogP contribution < -0.4 is 0 Å². The zero-order chi connectivity index (χ0) is 13.4. The molecule has 1 aromatic heterocycles. The second-order valence-electron chi connectivity index (χ2n) is 4.82. The molecule has 1 saturated carbocycles. The first-order valence-electron chi connectivity index (χ1n) is 6.35. The van der Waals surface area contributed by atoms with Crippen LogP contribution in [0, 0.1) is 6.92 Å². The molecule has 1 aromatic carbocycles. The van der Waals surface area contributed by atoms with Gasteiger partial charge in [0.15, 0.2) is 5.69 Å². The fourth-order valence-corrected chi connectivity index (χ4v) is 3.05. The van der Waals surface area contributed by atoms with Crippen molar-refractivity contribution in [3.05, 3.63) is 40.4 Å². The van der Waals surface area contributed by atoms with Crippen molar-refractivity contribution in [3.8, 4) is 10.6 Å². The molecule has 98 valence electrons. The van der Waals surface area contributed by atoms with Crippen molar-refractivity contribution in [3.63, 3.8) is 0 Å². The first kappa shape index (κ1) is 12.4. The van der Waals surface area contributed by atoms with Crippen molar-refractivity contribution >= 4 is 17.3 Å². The molecule has 1 aliphatic rings. The molecule has 3 rings (SSSR count). The Bertz CT molecular complexity index is 629. The molecule has 2 aromatic rings. The first-order valence-corrected chi connectivity index (χ1v) is 7.16. The zero-order valence-corrected chi connectivity index (χ0v) is 11.8. The van der Waals surface area contributed by atoms with Crippen LogP contribution in [0.15, 0.2) is 24.3 Å². The van der Waals surface area contributed by atoms with Crippen molar-refractivity contribution < 1.29 is 9.53 Å². The molecule has 1 heterocycles. The Kier molecular flexibility index (Phi) is 3.11. The molecule has 4 heteroatoms. The lowest BCUT2D eigenvalue weighted by Crippen LogP contribution is -2.03. The number of nitrogens with zero attached hydrogens (tertiary/aromatic N) is 1. The maximum absolute atomic E-state index is 11.6. The molecule has 0 spiro atoms.